The van der Waals surface area contributed by atoms with E-state index >= 15 is 4.39 Å². The Morgan fingerprint density at radius 1 is 1.30 bits per heavy atom. The lowest BCUT2D eigenvalue weighted by atomic mass is 9.81. The number of hydrogen-bond donors (Lipinski definition) is 4. The molecule has 0 saturated carbocycles. The molecule has 1 saturated heterocycles. The number of carbonyl (C=O) groups excluding carboxylic acids is 1. The van der Waals surface area contributed by atoms with Gasteiger partial charge in [-0.15, -0.1) is 0 Å². The van der Waals surface area contributed by atoms with Crippen LogP contribution in [0.15, 0.2) is 16.9 Å². The minimum atomic E-state index is -1.94. The zero-order valence-electron chi connectivity index (χ0n) is 22.3. The molecule has 0 amide bonds. The van der Waals surface area contributed by atoms with Crippen LogP contribution in [0.25, 0.3) is 22.3 Å². The molecule has 1 aromatic carbocycles. The van der Waals surface area contributed by atoms with Gasteiger partial charge in [-0.05, 0) is 48.9 Å². The van der Waals surface area contributed by atoms with Crippen molar-refractivity contribution in [1.82, 2.24) is 20.2 Å². The highest BCUT2D eigenvalue weighted by Gasteiger charge is 2.46. The smallest absolute Gasteiger partial charge is 0.343 e. The minimum Gasteiger partial charge on any atom is -0.458 e. The third kappa shape index (κ3) is 3.55. The number of fused-ring (bicyclic) bond motifs is 5. The predicted octanol–water partition coefficient (Wildman–Crippen LogP) is 1.41. The molecule has 0 spiro atoms. The summed E-state index contributed by atoms with van der Waals surface area (Å²) in [6, 6.07) is 2.78. The highest BCUT2D eigenvalue weighted by Crippen LogP contribution is 2.46. The van der Waals surface area contributed by atoms with E-state index in [1.807, 2.05) is 0 Å². The first-order chi connectivity index (χ1) is 19.2. The Kier molecular flexibility index (Phi) is 5.88. The Bertz CT molecular complexity index is 1650. The number of aliphatic hydroxyl groups excluding tert-OH is 1. The highest BCUT2D eigenvalue weighted by molar-refractivity contribution is 5.93. The third-order valence-corrected chi connectivity index (χ3v) is 9.06. The molecule has 1 fully saturated rings. The van der Waals surface area contributed by atoms with E-state index < -0.39 is 23.9 Å². The van der Waals surface area contributed by atoms with Crippen LogP contribution in [0.1, 0.15) is 59.2 Å². The second-order valence-electron chi connectivity index (χ2n) is 11.1. The first kappa shape index (κ1) is 25.7. The van der Waals surface area contributed by atoms with E-state index in [1.165, 1.54) is 6.07 Å². The van der Waals surface area contributed by atoms with Crippen molar-refractivity contribution in [1.29, 1.82) is 0 Å². The van der Waals surface area contributed by atoms with Crippen molar-refractivity contribution in [2.24, 2.45) is 0 Å². The van der Waals surface area contributed by atoms with Gasteiger partial charge < -0.3 is 29.6 Å². The Morgan fingerprint density at radius 2 is 2.12 bits per heavy atom. The molecule has 10 nitrogen and oxygen atoms in total. The number of esters is 1. The molecule has 4 N–H and O–H groups in total. The van der Waals surface area contributed by atoms with E-state index in [0.29, 0.717) is 48.5 Å². The number of nitrogens with one attached hydrogen (secondary N) is 2. The number of hydrogen-bond acceptors (Lipinski definition) is 9. The van der Waals surface area contributed by atoms with E-state index in [-0.39, 0.29) is 48.1 Å². The molecule has 0 radical (unpaired) electrons. The quantitative estimate of drug-likeness (QED) is 0.220. The van der Waals surface area contributed by atoms with Gasteiger partial charge in [-0.1, -0.05) is 6.92 Å². The van der Waals surface area contributed by atoms with Crippen LogP contribution in [0.2, 0.25) is 0 Å². The summed E-state index contributed by atoms with van der Waals surface area (Å²) in [5.74, 6) is -1.13. The number of ether oxygens (including phenoxy) is 2. The number of benzene rings is 1. The molecule has 1 aliphatic carbocycles. The van der Waals surface area contributed by atoms with Crippen LogP contribution in [-0.2, 0) is 39.4 Å². The van der Waals surface area contributed by atoms with Gasteiger partial charge in [0.25, 0.3) is 5.56 Å². The molecule has 4 atom stereocenters. The Labute approximate surface area is 229 Å². The summed E-state index contributed by atoms with van der Waals surface area (Å²) >= 11 is 0. The van der Waals surface area contributed by atoms with Gasteiger partial charge in [-0.25, -0.2) is 14.2 Å². The van der Waals surface area contributed by atoms with Crippen LogP contribution in [0.4, 0.5) is 4.39 Å². The number of aromatic nitrogens is 2. The average molecular weight is 551 g/mol. The van der Waals surface area contributed by atoms with Crippen LogP contribution in [0.3, 0.4) is 0 Å². The summed E-state index contributed by atoms with van der Waals surface area (Å²) in [4.78, 5) is 31.1. The lowest BCUT2D eigenvalue weighted by Gasteiger charge is -2.34. The van der Waals surface area contributed by atoms with Crippen LogP contribution in [0, 0.1) is 12.7 Å². The molecule has 4 aliphatic rings. The van der Waals surface area contributed by atoms with Gasteiger partial charge in [-0.2, -0.15) is 0 Å². The van der Waals surface area contributed by atoms with Crippen molar-refractivity contribution in [3.8, 4) is 11.4 Å². The van der Waals surface area contributed by atoms with E-state index in [4.69, 9.17) is 14.5 Å². The largest absolute Gasteiger partial charge is 0.458 e. The fourth-order valence-electron chi connectivity index (χ4n) is 6.82. The number of carbonyl (C=O) groups is 1. The molecule has 5 heterocycles. The predicted molar refractivity (Wildman–Crippen MR) is 142 cm³/mol. The normalized spacial score (nSPS) is 25.8. The van der Waals surface area contributed by atoms with Crippen molar-refractivity contribution >= 4 is 16.9 Å². The van der Waals surface area contributed by atoms with Gasteiger partial charge in [0.1, 0.15) is 24.8 Å². The fourth-order valence-corrected chi connectivity index (χ4v) is 6.82. The second kappa shape index (κ2) is 9.15. The number of cyclic esters (lactones) is 1. The SMILES string of the molecule is CC[C@]1(O)C(=O)OCc2c1cc1n(c2=O)Cc2c-1nc1cc(F)c(C)c3c1c2[C@H](NC(O)[C@@H]1CNCCO1)CC3. The van der Waals surface area contributed by atoms with Crippen molar-refractivity contribution in [3.05, 3.63) is 61.7 Å². The van der Waals surface area contributed by atoms with Gasteiger partial charge in [0, 0.05) is 41.7 Å². The van der Waals surface area contributed by atoms with Crippen molar-refractivity contribution in [3.63, 3.8) is 0 Å². The fraction of sp³-hybridized carbons (Fsp3) is 0.483. The molecule has 3 aliphatic heterocycles. The summed E-state index contributed by atoms with van der Waals surface area (Å²) in [5.41, 5.74) is 2.75. The zero-order valence-corrected chi connectivity index (χ0v) is 22.3. The van der Waals surface area contributed by atoms with Gasteiger partial charge in [0.05, 0.1) is 35.6 Å². The number of nitrogens with zero attached hydrogens (tertiary/aromatic N) is 2. The van der Waals surface area contributed by atoms with Crippen LogP contribution in [-0.4, -0.2) is 57.8 Å². The first-order valence-electron chi connectivity index (χ1n) is 13.8. The molecule has 1 unspecified atom stereocenters. The molecule has 40 heavy (non-hydrogen) atoms. The van der Waals surface area contributed by atoms with Gasteiger partial charge in [0.15, 0.2) is 5.60 Å². The van der Waals surface area contributed by atoms with E-state index in [1.54, 1.807) is 24.5 Å². The molecule has 0 bridgehead atoms. The van der Waals surface area contributed by atoms with Gasteiger partial charge in [-0.3, -0.25) is 10.1 Å². The summed E-state index contributed by atoms with van der Waals surface area (Å²) in [5, 5.41) is 29.7. The maximum atomic E-state index is 15.1. The topological polar surface area (TPSA) is 135 Å². The molecule has 2 aromatic heterocycles. The number of morpholine rings is 1. The Hall–Kier alpha value is -3.22. The Morgan fingerprint density at radius 3 is 2.88 bits per heavy atom. The first-order valence-corrected chi connectivity index (χ1v) is 13.8. The zero-order chi connectivity index (χ0) is 27.9. The second-order valence-corrected chi connectivity index (χ2v) is 11.1. The van der Waals surface area contributed by atoms with E-state index in [9.17, 15) is 19.8 Å². The van der Waals surface area contributed by atoms with Gasteiger partial charge >= 0.3 is 5.97 Å². The highest BCUT2D eigenvalue weighted by atomic mass is 19.1. The summed E-state index contributed by atoms with van der Waals surface area (Å²) in [6.07, 6.45) is -0.112. The standard InChI is InChI=1S/C29H31FN4O6/c1-3-29(38)17-8-21-25-15(11-34(21)27(36)16(17)12-40-28(29)37)24-19(33-26(35)22-10-31-6-7-39-22)5-4-14-13(2)18(30)9-20(32-25)23(14)24/h8-9,19,22,26,31,33,35,38H,3-7,10-12H2,1-2H3/t19-,22+,26?,29-/m1/s1. The molecule has 210 valence electrons. The molecule has 11 heteroatoms. The minimum absolute atomic E-state index is 0.0425. The van der Waals surface area contributed by atoms with Crippen LogP contribution in [0.5, 0.6) is 0 Å². The monoisotopic (exact) mass is 550 g/mol. The van der Waals surface area contributed by atoms with Crippen molar-refractivity contribution in [2.75, 3.05) is 19.7 Å². The number of pyridine rings is 2. The maximum Gasteiger partial charge on any atom is 0.343 e. The van der Waals surface area contributed by atoms with E-state index in [0.717, 1.165) is 28.6 Å². The van der Waals surface area contributed by atoms with E-state index in [2.05, 4.69) is 10.6 Å². The Balaban J connectivity index is 1.43. The number of aryl methyl sites for hydroxylation is 1. The maximum absolute atomic E-state index is 15.1. The lowest BCUT2D eigenvalue weighted by Crippen LogP contribution is -2.51. The van der Waals surface area contributed by atoms with Crippen LogP contribution < -0.4 is 16.2 Å². The number of aliphatic hydroxyl groups is 2. The van der Waals surface area contributed by atoms with Crippen molar-refractivity contribution < 1.29 is 28.9 Å². The lowest BCUT2D eigenvalue weighted by molar-refractivity contribution is -0.172. The molecular formula is C29H31FN4O6. The third-order valence-electron chi connectivity index (χ3n) is 9.06. The summed E-state index contributed by atoms with van der Waals surface area (Å²) in [6.45, 7) is 5.17. The summed E-state index contributed by atoms with van der Waals surface area (Å²) in [7, 11) is 0. The van der Waals surface area contributed by atoms with Gasteiger partial charge in [0.2, 0.25) is 0 Å². The molecule has 7 rings (SSSR count). The summed E-state index contributed by atoms with van der Waals surface area (Å²) < 4.78 is 27.6. The van der Waals surface area contributed by atoms with Crippen LogP contribution >= 0.6 is 0 Å². The van der Waals surface area contributed by atoms with Crippen molar-refractivity contribution in [2.45, 2.75) is 70.2 Å². The average Bonchev–Trinajstić information content (AvgIpc) is 3.33. The molecular weight excluding hydrogens is 519 g/mol. The number of rotatable bonds is 4. The number of halogens is 1. The molecule has 3 aromatic rings.